The Balaban J connectivity index is 3.96. The average Bonchev–Trinajstić information content (AvgIpc) is 2.27. The molecule has 1 atom stereocenters. The van der Waals surface area contributed by atoms with Crippen molar-refractivity contribution in [1.82, 2.24) is 0 Å². The van der Waals surface area contributed by atoms with Crippen LogP contribution < -0.4 is 0 Å². The molecule has 0 aromatic carbocycles. The highest BCUT2D eigenvalue weighted by Crippen LogP contribution is 2.20. The topological polar surface area (TPSA) is 44.8 Å². The van der Waals surface area contributed by atoms with Crippen LogP contribution in [0.4, 0.5) is 0 Å². The summed E-state index contributed by atoms with van der Waals surface area (Å²) in [4.78, 5) is 11.1. The fourth-order valence-electron chi connectivity index (χ4n) is 1.32. The molecule has 0 amide bonds. The van der Waals surface area contributed by atoms with Gasteiger partial charge in [-0.15, -0.1) is 0 Å². The SMILES string of the molecule is C=C(C)C(=O)OCCC(CC)[Si](OC)OC. The molecule has 4 nitrogen and oxygen atoms in total. The molecule has 0 aromatic heterocycles. The lowest BCUT2D eigenvalue weighted by atomic mass is 10.2. The van der Waals surface area contributed by atoms with Crippen molar-refractivity contribution >= 4 is 15.3 Å². The number of hydrogen-bond donors (Lipinski definition) is 0. The van der Waals surface area contributed by atoms with Crippen molar-refractivity contribution in [3.63, 3.8) is 0 Å². The number of hydrogen-bond acceptors (Lipinski definition) is 4. The Morgan fingerprint density at radius 2 is 1.94 bits per heavy atom. The van der Waals surface area contributed by atoms with Gasteiger partial charge in [0.25, 0.3) is 0 Å². The van der Waals surface area contributed by atoms with E-state index in [0.717, 1.165) is 12.8 Å². The van der Waals surface area contributed by atoms with Gasteiger partial charge in [0.1, 0.15) is 0 Å². The van der Waals surface area contributed by atoms with E-state index in [9.17, 15) is 4.79 Å². The maximum atomic E-state index is 11.1. The van der Waals surface area contributed by atoms with Gasteiger partial charge in [0.2, 0.25) is 0 Å². The monoisotopic (exact) mass is 245 g/mol. The molecule has 0 spiro atoms. The second-order valence-electron chi connectivity index (χ2n) is 3.54. The molecule has 0 aliphatic carbocycles. The van der Waals surface area contributed by atoms with Crippen LogP contribution in [0, 0.1) is 0 Å². The number of ether oxygens (including phenoxy) is 1. The zero-order valence-corrected chi connectivity index (χ0v) is 11.5. The van der Waals surface area contributed by atoms with Crippen molar-refractivity contribution in [2.45, 2.75) is 32.2 Å². The number of rotatable bonds is 8. The minimum absolute atomic E-state index is 0.331. The molecule has 1 radical (unpaired) electrons. The summed E-state index contributed by atoms with van der Waals surface area (Å²) >= 11 is 0. The molecule has 0 N–H and O–H groups in total. The van der Waals surface area contributed by atoms with E-state index in [0.29, 0.717) is 17.7 Å². The first-order chi connectivity index (χ1) is 7.56. The van der Waals surface area contributed by atoms with Crippen LogP contribution in [-0.2, 0) is 18.4 Å². The number of esters is 1. The summed E-state index contributed by atoms with van der Waals surface area (Å²) in [6, 6.07) is 0. The van der Waals surface area contributed by atoms with Crippen LogP contribution in [0.1, 0.15) is 26.7 Å². The zero-order chi connectivity index (χ0) is 12.6. The van der Waals surface area contributed by atoms with E-state index in [4.69, 9.17) is 13.6 Å². The minimum Gasteiger partial charge on any atom is -0.462 e. The van der Waals surface area contributed by atoms with E-state index in [2.05, 4.69) is 13.5 Å². The molecule has 0 fully saturated rings. The van der Waals surface area contributed by atoms with Crippen LogP contribution in [0.2, 0.25) is 5.54 Å². The molecule has 0 bridgehead atoms. The molecule has 0 heterocycles. The first-order valence-electron chi connectivity index (χ1n) is 5.34. The van der Waals surface area contributed by atoms with Crippen LogP contribution in [0.25, 0.3) is 0 Å². The van der Waals surface area contributed by atoms with E-state index in [1.54, 1.807) is 21.1 Å². The van der Waals surface area contributed by atoms with Gasteiger partial charge in [0, 0.05) is 25.3 Å². The van der Waals surface area contributed by atoms with Gasteiger partial charge in [0.05, 0.1) is 6.61 Å². The van der Waals surface area contributed by atoms with Crippen LogP contribution >= 0.6 is 0 Å². The highest BCUT2D eigenvalue weighted by atomic mass is 28.3. The third kappa shape index (κ3) is 5.44. The molecule has 0 aromatic rings. The number of carbonyl (C=O) groups excluding carboxylic acids is 1. The van der Waals surface area contributed by atoms with E-state index >= 15 is 0 Å². The normalized spacial score (nSPS) is 12.6. The Bertz CT molecular complexity index is 226. The van der Waals surface area contributed by atoms with Gasteiger partial charge in [-0.2, -0.15) is 0 Å². The second-order valence-corrected chi connectivity index (χ2v) is 5.81. The summed E-state index contributed by atoms with van der Waals surface area (Å²) in [6.07, 6.45) is 1.73. The summed E-state index contributed by atoms with van der Waals surface area (Å²) in [5.41, 5.74) is 0.759. The Morgan fingerprint density at radius 1 is 1.38 bits per heavy atom. The molecule has 1 unspecified atom stereocenters. The molecular weight excluding hydrogens is 224 g/mol. The Hall–Kier alpha value is -0.653. The van der Waals surface area contributed by atoms with Crippen molar-refractivity contribution in [3.05, 3.63) is 12.2 Å². The lowest BCUT2D eigenvalue weighted by Crippen LogP contribution is -2.27. The number of carbonyl (C=O) groups is 1. The van der Waals surface area contributed by atoms with Gasteiger partial charge >= 0.3 is 15.3 Å². The van der Waals surface area contributed by atoms with Gasteiger partial charge in [-0.1, -0.05) is 19.9 Å². The van der Waals surface area contributed by atoms with Gasteiger partial charge in [-0.05, 0) is 13.3 Å². The highest BCUT2D eigenvalue weighted by molar-refractivity contribution is 6.46. The van der Waals surface area contributed by atoms with E-state index in [1.807, 2.05) is 0 Å². The van der Waals surface area contributed by atoms with Crippen LogP contribution in [0.3, 0.4) is 0 Å². The van der Waals surface area contributed by atoms with Crippen LogP contribution in [-0.4, -0.2) is 36.1 Å². The average molecular weight is 245 g/mol. The fourth-order valence-corrected chi connectivity index (χ4v) is 2.84. The molecule has 16 heavy (non-hydrogen) atoms. The van der Waals surface area contributed by atoms with E-state index in [-0.39, 0.29) is 5.97 Å². The molecule has 0 saturated carbocycles. The van der Waals surface area contributed by atoms with Gasteiger partial charge in [-0.25, -0.2) is 4.79 Å². The van der Waals surface area contributed by atoms with Crippen molar-refractivity contribution in [1.29, 1.82) is 0 Å². The first-order valence-corrected chi connectivity index (χ1v) is 6.73. The summed E-state index contributed by atoms with van der Waals surface area (Å²) in [5.74, 6) is -0.335. The quantitative estimate of drug-likeness (QED) is 0.373. The van der Waals surface area contributed by atoms with E-state index < -0.39 is 9.28 Å². The lowest BCUT2D eigenvalue weighted by molar-refractivity contribution is -0.139. The molecule has 0 rings (SSSR count). The predicted molar refractivity (Wildman–Crippen MR) is 64.2 cm³/mol. The molecular formula is C11H21O4Si. The summed E-state index contributed by atoms with van der Waals surface area (Å²) in [6.45, 7) is 7.63. The standard InChI is InChI=1S/C11H21O4Si/c1-6-10(16(13-4)14-5)7-8-15-11(12)9(2)3/h10H,2,6-8H2,1,3-5H3. The largest absolute Gasteiger partial charge is 0.462 e. The molecule has 5 heteroatoms. The highest BCUT2D eigenvalue weighted by Gasteiger charge is 2.24. The molecule has 0 aliphatic rings. The van der Waals surface area contributed by atoms with Crippen LogP contribution in [0.5, 0.6) is 0 Å². The van der Waals surface area contributed by atoms with Gasteiger partial charge in [0.15, 0.2) is 0 Å². The predicted octanol–water partition coefficient (Wildman–Crippen LogP) is 2.06. The van der Waals surface area contributed by atoms with Crippen LogP contribution in [0.15, 0.2) is 12.2 Å². The van der Waals surface area contributed by atoms with Crippen molar-refractivity contribution in [3.8, 4) is 0 Å². The fraction of sp³-hybridized carbons (Fsp3) is 0.727. The lowest BCUT2D eigenvalue weighted by Gasteiger charge is -2.19. The molecule has 0 aliphatic heterocycles. The first kappa shape index (κ1) is 15.3. The van der Waals surface area contributed by atoms with Gasteiger partial charge in [-0.3, -0.25) is 0 Å². The molecule has 0 saturated heterocycles. The van der Waals surface area contributed by atoms with Gasteiger partial charge < -0.3 is 13.6 Å². The summed E-state index contributed by atoms with van der Waals surface area (Å²) < 4.78 is 15.6. The minimum atomic E-state index is -1.24. The summed E-state index contributed by atoms with van der Waals surface area (Å²) in [5, 5.41) is 0. The van der Waals surface area contributed by atoms with Crippen molar-refractivity contribution in [2.24, 2.45) is 0 Å². The Morgan fingerprint density at radius 3 is 2.31 bits per heavy atom. The smallest absolute Gasteiger partial charge is 0.387 e. The molecule has 93 valence electrons. The maximum absolute atomic E-state index is 11.1. The van der Waals surface area contributed by atoms with E-state index in [1.165, 1.54) is 0 Å². The summed E-state index contributed by atoms with van der Waals surface area (Å²) in [7, 11) is 2.06. The zero-order valence-electron chi connectivity index (χ0n) is 10.5. The van der Waals surface area contributed by atoms with Crippen molar-refractivity contribution < 1.29 is 18.4 Å². The maximum Gasteiger partial charge on any atom is 0.387 e. The second kappa shape index (κ2) is 8.49. The third-order valence-corrected chi connectivity index (χ3v) is 4.44. The Labute approximate surface area is 99.4 Å². The van der Waals surface area contributed by atoms with Crippen molar-refractivity contribution in [2.75, 3.05) is 20.8 Å². The third-order valence-electron chi connectivity index (χ3n) is 2.28. The Kier molecular flexibility index (Phi) is 8.15.